The van der Waals surface area contributed by atoms with E-state index in [0.717, 1.165) is 11.1 Å². The van der Waals surface area contributed by atoms with Crippen LogP contribution in [0.3, 0.4) is 0 Å². The standard InChI is InChI=1S/C13H22N2O2S/c1-10(2)14-9-12-8-13(7-6-11(12)3)18(16,17)15(4)5/h6-8,10,14H,9H2,1-5H3. The van der Waals surface area contributed by atoms with Crippen molar-refractivity contribution in [3.05, 3.63) is 29.3 Å². The first-order chi connectivity index (χ1) is 8.25. The van der Waals surface area contributed by atoms with Gasteiger partial charge in [-0.05, 0) is 30.2 Å². The van der Waals surface area contributed by atoms with E-state index in [1.54, 1.807) is 26.2 Å². The Bertz CT molecular complexity index is 508. The summed E-state index contributed by atoms with van der Waals surface area (Å²) in [5, 5.41) is 3.30. The molecule has 5 heteroatoms. The molecule has 0 atom stereocenters. The van der Waals surface area contributed by atoms with Crippen LogP contribution in [0.15, 0.2) is 23.1 Å². The van der Waals surface area contributed by atoms with Gasteiger partial charge in [0.2, 0.25) is 10.0 Å². The highest BCUT2D eigenvalue weighted by Gasteiger charge is 2.17. The number of sulfonamides is 1. The minimum atomic E-state index is -3.35. The lowest BCUT2D eigenvalue weighted by Gasteiger charge is -2.15. The molecular formula is C13H22N2O2S. The number of nitrogens with zero attached hydrogens (tertiary/aromatic N) is 1. The van der Waals surface area contributed by atoms with Crippen molar-refractivity contribution in [3.63, 3.8) is 0 Å². The molecule has 0 amide bonds. The Balaban J connectivity index is 3.08. The van der Waals surface area contributed by atoms with E-state index >= 15 is 0 Å². The predicted molar refractivity (Wildman–Crippen MR) is 74.0 cm³/mol. The van der Waals surface area contributed by atoms with Gasteiger partial charge in [0.1, 0.15) is 0 Å². The number of benzene rings is 1. The molecule has 1 aromatic rings. The molecule has 1 aromatic carbocycles. The van der Waals surface area contributed by atoms with Crippen LogP contribution in [0.2, 0.25) is 0 Å². The van der Waals surface area contributed by atoms with E-state index in [4.69, 9.17) is 0 Å². The Morgan fingerprint density at radius 2 is 1.89 bits per heavy atom. The van der Waals surface area contributed by atoms with E-state index in [0.29, 0.717) is 17.5 Å². The van der Waals surface area contributed by atoms with Crippen LogP contribution < -0.4 is 5.32 Å². The van der Waals surface area contributed by atoms with Gasteiger partial charge in [0.05, 0.1) is 4.90 Å². The average molecular weight is 270 g/mol. The number of rotatable bonds is 5. The van der Waals surface area contributed by atoms with Crippen molar-refractivity contribution in [1.82, 2.24) is 9.62 Å². The number of hydrogen-bond acceptors (Lipinski definition) is 3. The summed E-state index contributed by atoms with van der Waals surface area (Å²) in [6.45, 7) is 6.80. The minimum Gasteiger partial charge on any atom is -0.310 e. The van der Waals surface area contributed by atoms with Crippen molar-refractivity contribution in [2.45, 2.75) is 38.3 Å². The monoisotopic (exact) mass is 270 g/mol. The van der Waals surface area contributed by atoms with E-state index in [9.17, 15) is 8.42 Å². The Hall–Kier alpha value is -0.910. The summed E-state index contributed by atoms with van der Waals surface area (Å²) >= 11 is 0. The minimum absolute atomic E-state index is 0.346. The molecule has 1 N–H and O–H groups in total. The molecule has 102 valence electrons. The normalized spacial score (nSPS) is 12.4. The van der Waals surface area contributed by atoms with Crippen LogP contribution >= 0.6 is 0 Å². The summed E-state index contributed by atoms with van der Waals surface area (Å²) in [6, 6.07) is 5.63. The molecule has 0 aliphatic carbocycles. The fourth-order valence-electron chi connectivity index (χ4n) is 1.52. The second-order valence-corrected chi connectivity index (χ2v) is 7.06. The van der Waals surface area contributed by atoms with E-state index in [1.165, 1.54) is 4.31 Å². The summed E-state index contributed by atoms with van der Waals surface area (Å²) in [6.07, 6.45) is 0. The van der Waals surface area contributed by atoms with Crippen LogP contribution in [-0.2, 0) is 16.6 Å². The Morgan fingerprint density at radius 3 is 2.39 bits per heavy atom. The van der Waals surface area contributed by atoms with Crippen molar-refractivity contribution in [1.29, 1.82) is 0 Å². The third-order valence-electron chi connectivity index (χ3n) is 2.80. The van der Waals surface area contributed by atoms with Crippen LogP contribution in [0.25, 0.3) is 0 Å². The van der Waals surface area contributed by atoms with E-state index in [-0.39, 0.29) is 0 Å². The van der Waals surface area contributed by atoms with E-state index in [1.807, 2.05) is 13.0 Å². The molecule has 1 rings (SSSR count). The van der Waals surface area contributed by atoms with Crippen molar-refractivity contribution < 1.29 is 8.42 Å². The van der Waals surface area contributed by atoms with Gasteiger partial charge in [-0.15, -0.1) is 0 Å². The smallest absolute Gasteiger partial charge is 0.242 e. The van der Waals surface area contributed by atoms with Crippen LogP contribution in [0.5, 0.6) is 0 Å². The highest BCUT2D eigenvalue weighted by atomic mass is 32.2. The topological polar surface area (TPSA) is 49.4 Å². The lowest BCUT2D eigenvalue weighted by molar-refractivity contribution is 0.520. The molecule has 0 heterocycles. The average Bonchev–Trinajstić information content (AvgIpc) is 2.27. The molecule has 0 spiro atoms. The van der Waals surface area contributed by atoms with Crippen LogP contribution in [0.4, 0.5) is 0 Å². The molecule has 0 aromatic heterocycles. The maximum atomic E-state index is 12.0. The van der Waals surface area contributed by atoms with Gasteiger partial charge in [-0.1, -0.05) is 19.9 Å². The maximum absolute atomic E-state index is 12.0. The summed E-state index contributed by atoms with van der Waals surface area (Å²) in [5.74, 6) is 0. The Labute approximate surface area is 110 Å². The van der Waals surface area contributed by atoms with Crippen molar-refractivity contribution in [2.75, 3.05) is 14.1 Å². The maximum Gasteiger partial charge on any atom is 0.242 e. The lowest BCUT2D eigenvalue weighted by Crippen LogP contribution is -2.24. The zero-order valence-electron chi connectivity index (χ0n) is 11.7. The molecule has 0 saturated carbocycles. The Morgan fingerprint density at radius 1 is 1.28 bits per heavy atom. The van der Waals surface area contributed by atoms with Crippen LogP contribution in [0.1, 0.15) is 25.0 Å². The first kappa shape index (κ1) is 15.1. The summed E-state index contributed by atoms with van der Waals surface area (Å²) in [7, 11) is -0.263. The molecule has 0 bridgehead atoms. The third-order valence-corrected chi connectivity index (χ3v) is 4.61. The highest BCUT2D eigenvalue weighted by Crippen LogP contribution is 2.18. The highest BCUT2D eigenvalue weighted by molar-refractivity contribution is 7.89. The zero-order valence-corrected chi connectivity index (χ0v) is 12.5. The van der Waals surface area contributed by atoms with Crippen LogP contribution in [0, 0.1) is 6.92 Å². The number of nitrogens with one attached hydrogen (secondary N) is 1. The molecule has 0 radical (unpaired) electrons. The van der Waals surface area contributed by atoms with E-state index < -0.39 is 10.0 Å². The van der Waals surface area contributed by atoms with Gasteiger partial charge < -0.3 is 5.32 Å². The molecule has 0 aliphatic heterocycles. The summed E-state index contributed by atoms with van der Waals surface area (Å²) in [4.78, 5) is 0.346. The van der Waals surface area contributed by atoms with Gasteiger partial charge in [0.15, 0.2) is 0 Å². The summed E-state index contributed by atoms with van der Waals surface area (Å²) < 4.78 is 25.3. The lowest BCUT2D eigenvalue weighted by atomic mass is 10.1. The van der Waals surface area contributed by atoms with Crippen molar-refractivity contribution in [2.24, 2.45) is 0 Å². The molecule has 0 aliphatic rings. The SMILES string of the molecule is Cc1ccc(S(=O)(=O)N(C)C)cc1CNC(C)C. The molecule has 0 unspecified atom stereocenters. The number of hydrogen-bond donors (Lipinski definition) is 1. The van der Waals surface area contributed by atoms with Gasteiger partial charge in [0.25, 0.3) is 0 Å². The molecule has 0 fully saturated rings. The van der Waals surface area contributed by atoms with Gasteiger partial charge in [0, 0.05) is 26.7 Å². The molecule has 18 heavy (non-hydrogen) atoms. The first-order valence-corrected chi connectivity index (χ1v) is 7.44. The predicted octanol–water partition coefficient (Wildman–Crippen LogP) is 1.74. The molecule has 4 nitrogen and oxygen atoms in total. The summed E-state index contributed by atoms with van der Waals surface area (Å²) in [5.41, 5.74) is 2.12. The third kappa shape index (κ3) is 3.54. The van der Waals surface area contributed by atoms with E-state index in [2.05, 4.69) is 19.2 Å². The fraction of sp³-hybridized carbons (Fsp3) is 0.538. The number of aryl methyl sites for hydroxylation is 1. The van der Waals surface area contributed by atoms with Crippen LogP contribution in [-0.4, -0.2) is 32.9 Å². The second kappa shape index (κ2) is 5.82. The van der Waals surface area contributed by atoms with Gasteiger partial charge >= 0.3 is 0 Å². The first-order valence-electron chi connectivity index (χ1n) is 6.00. The molecular weight excluding hydrogens is 248 g/mol. The largest absolute Gasteiger partial charge is 0.310 e. The van der Waals surface area contributed by atoms with Crippen molar-refractivity contribution in [3.8, 4) is 0 Å². The zero-order chi connectivity index (χ0) is 13.9. The fourth-order valence-corrected chi connectivity index (χ4v) is 2.48. The van der Waals surface area contributed by atoms with Gasteiger partial charge in [-0.3, -0.25) is 0 Å². The van der Waals surface area contributed by atoms with Gasteiger partial charge in [-0.2, -0.15) is 0 Å². The Kier molecular flexibility index (Phi) is 4.90. The van der Waals surface area contributed by atoms with Gasteiger partial charge in [-0.25, -0.2) is 12.7 Å². The quantitative estimate of drug-likeness (QED) is 0.886. The van der Waals surface area contributed by atoms with Crippen molar-refractivity contribution >= 4 is 10.0 Å². The molecule has 0 saturated heterocycles. The second-order valence-electron chi connectivity index (χ2n) is 4.91.